The molecular formula is C22H20N4. The van der Waals surface area contributed by atoms with Crippen LogP contribution in [-0.2, 0) is 6.42 Å². The van der Waals surface area contributed by atoms with E-state index in [1.54, 1.807) is 0 Å². The van der Waals surface area contributed by atoms with Gasteiger partial charge < -0.3 is 5.32 Å². The summed E-state index contributed by atoms with van der Waals surface area (Å²) < 4.78 is 0. The lowest BCUT2D eigenvalue weighted by atomic mass is 9.88. The maximum absolute atomic E-state index is 8.96. The Labute approximate surface area is 153 Å². The van der Waals surface area contributed by atoms with E-state index in [0.29, 0.717) is 5.56 Å². The van der Waals surface area contributed by atoms with E-state index in [-0.39, 0.29) is 6.04 Å². The van der Waals surface area contributed by atoms with E-state index in [0.717, 1.165) is 35.7 Å². The largest absolute Gasteiger partial charge is 0.363 e. The first-order valence-corrected chi connectivity index (χ1v) is 8.93. The molecule has 4 rings (SSSR count). The Kier molecular flexibility index (Phi) is 4.37. The summed E-state index contributed by atoms with van der Waals surface area (Å²) in [5.41, 5.74) is 5.30. The SMILES string of the molecule is Cc1nc(N[C@@H]2CCCc3ccccc32)cc(-c2ccc(C#N)cc2)n1. The van der Waals surface area contributed by atoms with Crippen LogP contribution in [0.15, 0.2) is 54.6 Å². The summed E-state index contributed by atoms with van der Waals surface area (Å²) in [4.78, 5) is 9.15. The van der Waals surface area contributed by atoms with E-state index < -0.39 is 0 Å². The van der Waals surface area contributed by atoms with Crippen molar-refractivity contribution in [1.82, 2.24) is 9.97 Å². The summed E-state index contributed by atoms with van der Waals surface area (Å²) in [7, 11) is 0. The van der Waals surface area contributed by atoms with Gasteiger partial charge in [-0.2, -0.15) is 5.26 Å². The van der Waals surface area contributed by atoms with Crippen molar-refractivity contribution in [1.29, 1.82) is 5.26 Å². The Bertz CT molecular complexity index is 970. The molecular weight excluding hydrogens is 320 g/mol. The van der Waals surface area contributed by atoms with Crippen LogP contribution >= 0.6 is 0 Å². The molecule has 1 aromatic heterocycles. The van der Waals surface area contributed by atoms with Gasteiger partial charge in [0.15, 0.2) is 0 Å². The number of aromatic nitrogens is 2. The fourth-order valence-electron chi connectivity index (χ4n) is 3.59. The molecule has 4 nitrogen and oxygen atoms in total. The highest BCUT2D eigenvalue weighted by Crippen LogP contribution is 2.32. The molecule has 1 aliphatic carbocycles. The van der Waals surface area contributed by atoms with Crippen LogP contribution in [0.5, 0.6) is 0 Å². The zero-order valence-corrected chi connectivity index (χ0v) is 14.7. The lowest BCUT2D eigenvalue weighted by Gasteiger charge is -2.27. The van der Waals surface area contributed by atoms with Gasteiger partial charge in [-0.3, -0.25) is 0 Å². The number of rotatable bonds is 3. The van der Waals surface area contributed by atoms with Gasteiger partial charge in [-0.05, 0) is 49.4 Å². The maximum Gasteiger partial charge on any atom is 0.130 e. The Hall–Kier alpha value is -3.19. The minimum atomic E-state index is 0.281. The van der Waals surface area contributed by atoms with Crippen molar-refractivity contribution in [2.75, 3.05) is 5.32 Å². The first-order chi connectivity index (χ1) is 12.7. The first-order valence-electron chi connectivity index (χ1n) is 8.93. The van der Waals surface area contributed by atoms with Gasteiger partial charge in [0.25, 0.3) is 0 Å². The molecule has 4 heteroatoms. The van der Waals surface area contributed by atoms with Crippen LogP contribution in [0.1, 0.15) is 41.4 Å². The van der Waals surface area contributed by atoms with Crippen LogP contribution < -0.4 is 5.32 Å². The van der Waals surface area contributed by atoms with Gasteiger partial charge in [-0.15, -0.1) is 0 Å². The van der Waals surface area contributed by atoms with E-state index in [1.165, 1.54) is 17.5 Å². The molecule has 0 saturated heterocycles. The van der Waals surface area contributed by atoms with Crippen LogP contribution in [0.2, 0.25) is 0 Å². The number of hydrogen-bond acceptors (Lipinski definition) is 4. The summed E-state index contributed by atoms with van der Waals surface area (Å²) in [5, 5.41) is 12.6. The number of nitrogens with zero attached hydrogens (tertiary/aromatic N) is 3. The molecule has 0 spiro atoms. The molecule has 1 aliphatic rings. The Morgan fingerprint density at radius 1 is 1.08 bits per heavy atom. The molecule has 0 unspecified atom stereocenters. The summed E-state index contributed by atoms with van der Waals surface area (Å²) in [6, 6.07) is 20.6. The van der Waals surface area contributed by atoms with Gasteiger partial charge in [0.1, 0.15) is 11.6 Å². The predicted octanol–water partition coefficient (Wildman–Crippen LogP) is 4.81. The molecule has 0 radical (unpaired) electrons. The predicted molar refractivity (Wildman–Crippen MR) is 103 cm³/mol. The number of nitriles is 1. The van der Waals surface area contributed by atoms with Gasteiger partial charge >= 0.3 is 0 Å². The zero-order chi connectivity index (χ0) is 17.9. The molecule has 0 fully saturated rings. The van der Waals surface area contributed by atoms with Gasteiger partial charge in [0.2, 0.25) is 0 Å². The molecule has 128 valence electrons. The van der Waals surface area contributed by atoms with Crippen LogP contribution in [0.25, 0.3) is 11.3 Å². The lowest BCUT2D eigenvalue weighted by molar-refractivity contribution is 0.598. The van der Waals surface area contributed by atoms with Gasteiger partial charge in [-0.25, -0.2) is 9.97 Å². The number of aryl methyl sites for hydroxylation is 2. The average molecular weight is 340 g/mol. The normalized spacial score (nSPS) is 15.8. The van der Waals surface area contributed by atoms with E-state index in [2.05, 4.69) is 45.6 Å². The number of anilines is 1. The molecule has 0 bridgehead atoms. The molecule has 26 heavy (non-hydrogen) atoms. The van der Waals surface area contributed by atoms with Crippen LogP contribution in [0.4, 0.5) is 5.82 Å². The van der Waals surface area contributed by atoms with Crippen molar-refractivity contribution in [2.45, 2.75) is 32.2 Å². The van der Waals surface area contributed by atoms with Crippen molar-refractivity contribution < 1.29 is 0 Å². The molecule has 0 amide bonds. The minimum absolute atomic E-state index is 0.281. The summed E-state index contributed by atoms with van der Waals surface area (Å²) >= 11 is 0. The highest BCUT2D eigenvalue weighted by Gasteiger charge is 2.20. The highest BCUT2D eigenvalue weighted by molar-refractivity contribution is 5.63. The van der Waals surface area contributed by atoms with Gasteiger partial charge in [0, 0.05) is 11.6 Å². The number of nitrogens with one attached hydrogen (secondary N) is 1. The second kappa shape index (κ2) is 6.97. The smallest absolute Gasteiger partial charge is 0.130 e. The standard InChI is InChI=1S/C22H20N4/c1-15-24-21(18-11-9-16(14-23)10-12-18)13-22(25-15)26-20-8-4-6-17-5-2-3-7-19(17)20/h2-3,5,7,9-13,20H,4,6,8H2,1H3,(H,24,25,26)/t20-/m1/s1. The summed E-state index contributed by atoms with van der Waals surface area (Å²) in [6.07, 6.45) is 3.43. The fourth-order valence-corrected chi connectivity index (χ4v) is 3.59. The number of hydrogen-bond donors (Lipinski definition) is 1. The summed E-state index contributed by atoms with van der Waals surface area (Å²) in [6.45, 7) is 1.91. The lowest BCUT2D eigenvalue weighted by Crippen LogP contribution is -2.18. The van der Waals surface area contributed by atoms with E-state index in [9.17, 15) is 0 Å². The molecule has 2 aromatic carbocycles. The van der Waals surface area contributed by atoms with E-state index >= 15 is 0 Å². The third kappa shape index (κ3) is 3.29. The van der Waals surface area contributed by atoms with Crippen LogP contribution in [0, 0.1) is 18.3 Å². The molecule has 1 heterocycles. The fraction of sp³-hybridized carbons (Fsp3) is 0.227. The van der Waals surface area contributed by atoms with Crippen LogP contribution in [0.3, 0.4) is 0 Å². The first kappa shape index (κ1) is 16.3. The van der Waals surface area contributed by atoms with Gasteiger partial charge in [0.05, 0.1) is 23.4 Å². The Balaban J connectivity index is 1.64. The summed E-state index contributed by atoms with van der Waals surface area (Å²) in [5.74, 6) is 1.58. The second-order valence-corrected chi connectivity index (χ2v) is 6.66. The van der Waals surface area contributed by atoms with Crippen molar-refractivity contribution in [3.05, 3.63) is 77.1 Å². The third-order valence-corrected chi connectivity index (χ3v) is 4.84. The maximum atomic E-state index is 8.96. The topological polar surface area (TPSA) is 61.6 Å². The molecule has 0 saturated carbocycles. The zero-order valence-electron chi connectivity index (χ0n) is 14.7. The van der Waals surface area contributed by atoms with E-state index in [1.807, 2.05) is 37.3 Å². The highest BCUT2D eigenvalue weighted by atomic mass is 15.0. The van der Waals surface area contributed by atoms with Crippen molar-refractivity contribution in [2.24, 2.45) is 0 Å². The number of benzene rings is 2. The monoisotopic (exact) mass is 340 g/mol. The molecule has 1 atom stereocenters. The number of fused-ring (bicyclic) bond motifs is 1. The third-order valence-electron chi connectivity index (χ3n) is 4.84. The Morgan fingerprint density at radius 3 is 2.69 bits per heavy atom. The van der Waals surface area contributed by atoms with Crippen LogP contribution in [-0.4, -0.2) is 9.97 Å². The quantitative estimate of drug-likeness (QED) is 0.743. The minimum Gasteiger partial charge on any atom is -0.363 e. The molecule has 0 aliphatic heterocycles. The van der Waals surface area contributed by atoms with E-state index in [4.69, 9.17) is 5.26 Å². The van der Waals surface area contributed by atoms with Crippen molar-refractivity contribution in [3.8, 4) is 17.3 Å². The van der Waals surface area contributed by atoms with Gasteiger partial charge in [-0.1, -0.05) is 36.4 Å². The average Bonchev–Trinajstić information content (AvgIpc) is 2.68. The second-order valence-electron chi connectivity index (χ2n) is 6.66. The Morgan fingerprint density at radius 2 is 1.88 bits per heavy atom. The van der Waals surface area contributed by atoms with Crippen molar-refractivity contribution in [3.63, 3.8) is 0 Å². The molecule has 1 N–H and O–H groups in total. The van der Waals surface area contributed by atoms with Crippen molar-refractivity contribution >= 4 is 5.82 Å². The molecule has 3 aromatic rings.